The molecule has 2 aromatic carbocycles. The zero-order valence-electron chi connectivity index (χ0n) is 11.1. The van der Waals surface area contributed by atoms with Crippen LogP contribution in [0.15, 0.2) is 54.6 Å². The van der Waals surface area contributed by atoms with Crippen molar-refractivity contribution in [3.8, 4) is 0 Å². The predicted octanol–water partition coefficient (Wildman–Crippen LogP) is 0.898. The Balaban J connectivity index is 2.64. The summed E-state index contributed by atoms with van der Waals surface area (Å²) in [6.45, 7) is 0. The van der Waals surface area contributed by atoms with Crippen molar-refractivity contribution in [3.63, 3.8) is 0 Å². The Hall–Kier alpha value is -2.86. The predicted molar refractivity (Wildman–Crippen MR) is 78.3 cm³/mol. The maximum Gasteiger partial charge on any atom is 0.316 e. The van der Waals surface area contributed by atoms with Crippen LogP contribution in [0.5, 0.6) is 0 Å². The van der Waals surface area contributed by atoms with E-state index in [2.05, 4.69) is 5.32 Å². The van der Waals surface area contributed by atoms with E-state index in [9.17, 15) is 14.7 Å². The molecule has 3 amide bonds. The molecular weight excluding hydrogens is 270 g/mol. The lowest BCUT2D eigenvalue weighted by Crippen LogP contribution is -2.43. The van der Waals surface area contributed by atoms with Crippen molar-refractivity contribution in [3.05, 3.63) is 65.7 Å². The van der Waals surface area contributed by atoms with E-state index in [4.69, 9.17) is 11.5 Å². The Kier molecular flexibility index (Phi) is 3.91. The van der Waals surface area contributed by atoms with Crippen LogP contribution in [0.1, 0.15) is 11.1 Å². The van der Waals surface area contributed by atoms with E-state index in [-0.39, 0.29) is 11.3 Å². The number of primary amides is 2. The molecule has 6 heteroatoms. The van der Waals surface area contributed by atoms with Crippen LogP contribution in [0.2, 0.25) is 0 Å². The summed E-state index contributed by atoms with van der Waals surface area (Å²) in [5.74, 6) is -0.951. The molecule has 2 aromatic rings. The molecule has 0 heterocycles. The van der Waals surface area contributed by atoms with Crippen molar-refractivity contribution in [2.45, 2.75) is 5.60 Å². The van der Waals surface area contributed by atoms with Gasteiger partial charge in [0.15, 0.2) is 5.60 Å². The van der Waals surface area contributed by atoms with Gasteiger partial charge in [0, 0.05) is 11.3 Å². The Morgan fingerprint density at radius 2 is 1.52 bits per heavy atom. The van der Waals surface area contributed by atoms with Gasteiger partial charge in [-0.2, -0.15) is 0 Å². The maximum atomic E-state index is 11.9. The Morgan fingerprint density at radius 3 is 2.10 bits per heavy atom. The topological polar surface area (TPSA) is 118 Å². The van der Waals surface area contributed by atoms with Gasteiger partial charge in [-0.1, -0.05) is 48.5 Å². The van der Waals surface area contributed by atoms with Crippen molar-refractivity contribution >= 4 is 17.6 Å². The van der Waals surface area contributed by atoms with Gasteiger partial charge in [-0.25, -0.2) is 4.79 Å². The fourth-order valence-corrected chi connectivity index (χ4v) is 2.15. The number of aliphatic hydroxyl groups is 1. The number of para-hydroxylation sites is 1. The third kappa shape index (κ3) is 2.70. The summed E-state index contributed by atoms with van der Waals surface area (Å²) in [6, 6.07) is 13.7. The fraction of sp³-hybridized carbons (Fsp3) is 0.0667. The maximum absolute atomic E-state index is 11.9. The van der Waals surface area contributed by atoms with Gasteiger partial charge in [0.25, 0.3) is 5.91 Å². The van der Waals surface area contributed by atoms with Gasteiger partial charge in [0.2, 0.25) is 0 Å². The van der Waals surface area contributed by atoms with Crippen molar-refractivity contribution in [1.29, 1.82) is 0 Å². The number of carbonyl (C=O) groups is 2. The molecule has 6 N–H and O–H groups in total. The minimum absolute atomic E-state index is 0.155. The number of nitrogens with two attached hydrogens (primary N) is 2. The molecule has 6 nitrogen and oxygen atoms in total. The summed E-state index contributed by atoms with van der Waals surface area (Å²) in [5, 5.41) is 13.2. The van der Waals surface area contributed by atoms with E-state index in [0.717, 1.165) is 0 Å². The second kappa shape index (κ2) is 5.64. The number of hydrogen-bond donors (Lipinski definition) is 4. The Bertz CT molecular complexity index is 673. The highest BCUT2D eigenvalue weighted by Gasteiger charge is 2.40. The summed E-state index contributed by atoms with van der Waals surface area (Å²) in [6.07, 6.45) is 0. The smallest absolute Gasteiger partial charge is 0.316 e. The quantitative estimate of drug-likeness (QED) is 0.668. The molecule has 1 atom stereocenters. The average Bonchev–Trinajstić information content (AvgIpc) is 2.47. The summed E-state index contributed by atoms with van der Waals surface area (Å²) < 4.78 is 0. The fourth-order valence-electron chi connectivity index (χ4n) is 2.15. The van der Waals surface area contributed by atoms with E-state index in [1.807, 2.05) is 0 Å². The van der Waals surface area contributed by atoms with Crippen LogP contribution in [-0.4, -0.2) is 17.0 Å². The van der Waals surface area contributed by atoms with Crippen LogP contribution in [0.4, 0.5) is 10.5 Å². The van der Waals surface area contributed by atoms with Gasteiger partial charge in [-0.3, -0.25) is 4.79 Å². The molecule has 0 saturated carbocycles. The largest absolute Gasteiger partial charge is 0.372 e. The van der Waals surface area contributed by atoms with E-state index < -0.39 is 17.5 Å². The van der Waals surface area contributed by atoms with E-state index >= 15 is 0 Å². The average molecular weight is 285 g/mol. The van der Waals surface area contributed by atoms with Crippen LogP contribution in [0.25, 0.3) is 0 Å². The summed E-state index contributed by atoms with van der Waals surface area (Å²) in [5.41, 5.74) is 9.11. The second-order valence-corrected chi connectivity index (χ2v) is 4.48. The molecular formula is C15H15N3O3. The van der Waals surface area contributed by atoms with Crippen molar-refractivity contribution in [1.82, 2.24) is 0 Å². The first-order valence-electron chi connectivity index (χ1n) is 6.20. The number of benzene rings is 2. The van der Waals surface area contributed by atoms with Crippen LogP contribution in [-0.2, 0) is 10.4 Å². The number of hydrogen-bond acceptors (Lipinski definition) is 3. The molecule has 0 fully saturated rings. The number of rotatable bonds is 4. The zero-order valence-corrected chi connectivity index (χ0v) is 11.1. The SMILES string of the molecule is NC(=O)Nc1ccccc1C(O)(C(N)=O)c1ccccc1. The standard InChI is InChI=1S/C15H15N3O3/c16-13(19)15(21,10-6-2-1-3-7-10)11-8-4-5-9-12(11)18-14(17)20/h1-9,21H,(H2,16,19)(H3,17,18,20). The Morgan fingerprint density at radius 1 is 0.952 bits per heavy atom. The van der Waals surface area contributed by atoms with Gasteiger partial charge in [0.05, 0.1) is 0 Å². The molecule has 0 aliphatic rings. The minimum atomic E-state index is -2.07. The normalized spacial score (nSPS) is 13.2. The van der Waals surface area contributed by atoms with Crippen molar-refractivity contribution < 1.29 is 14.7 Å². The third-order valence-electron chi connectivity index (χ3n) is 3.12. The zero-order chi connectivity index (χ0) is 15.5. The van der Waals surface area contributed by atoms with Gasteiger partial charge < -0.3 is 21.9 Å². The van der Waals surface area contributed by atoms with Crippen LogP contribution >= 0.6 is 0 Å². The molecule has 0 bridgehead atoms. The van der Waals surface area contributed by atoms with Crippen molar-refractivity contribution in [2.75, 3.05) is 5.32 Å². The third-order valence-corrected chi connectivity index (χ3v) is 3.12. The molecule has 2 rings (SSSR count). The van der Waals surface area contributed by atoms with Crippen molar-refractivity contribution in [2.24, 2.45) is 11.5 Å². The number of anilines is 1. The summed E-state index contributed by atoms with van der Waals surface area (Å²) >= 11 is 0. The van der Waals surface area contributed by atoms with Gasteiger partial charge in [-0.15, -0.1) is 0 Å². The molecule has 0 spiro atoms. The molecule has 0 aromatic heterocycles. The van der Waals surface area contributed by atoms with E-state index in [1.165, 1.54) is 12.1 Å². The second-order valence-electron chi connectivity index (χ2n) is 4.48. The molecule has 21 heavy (non-hydrogen) atoms. The summed E-state index contributed by atoms with van der Waals surface area (Å²) in [7, 11) is 0. The highest BCUT2D eigenvalue weighted by molar-refractivity contribution is 5.94. The molecule has 0 aliphatic carbocycles. The van der Waals surface area contributed by atoms with Gasteiger partial charge >= 0.3 is 6.03 Å². The number of urea groups is 1. The summed E-state index contributed by atoms with van der Waals surface area (Å²) in [4.78, 5) is 23.0. The lowest BCUT2D eigenvalue weighted by Gasteiger charge is -2.27. The highest BCUT2D eigenvalue weighted by atomic mass is 16.3. The van der Waals surface area contributed by atoms with E-state index in [0.29, 0.717) is 5.56 Å². The Labute approximate surface area is 121 Å². The lowest BCUT2D eigenvalue weighted by molar-refractivity contribution is -0.133. The first kappa shape index (κ1) is 14.5. The first-order chi connectivity index (χ1) is 9.96. The molecule has 0 aliphatic heterocycles. The molecule has 108 valence electrons. The minimum Gasteiger partial charge on any atom is -0.372 e. The molecule has 1 unspecified atom stereocenters. The number of amides is 3. The van der Waals surface area contributed by atoms with Crippen LogP contribution < -0.4 is 16.8 Å². The van der Waals surface area contributed by atoms with E-state index in [1.54, 1.807) is 42.5 Å². The highest BCUT2D eigenvalue weighted by Crippen LogP contribution is 2.34. The molecule has 0 saturated heterocycles. The first-order valence-corrected chi connectivity index (χ1v) is 6.20. The molecule has 0 radical (unpaired) electrons. The number of carbonyl (C=O) groups excluding carboxylic acids is 2. The number of nitrogens with one attached hydrogen (secondary N) is 1. The monoisotopic (exact) mass is 285 g/mol. The van der Waals surface area contributed by atoms with Gasteiger partial charge in [-0.05, 0) is 11.6 Å². The lowest BCUT2D eigenvalue weighted by atomic mass is 9.84. The van der Waals surface area contributed by atoms with Gasteiger partial charge in [0.1, 0.15) is 0 Å². The van der Waals surface area contributed by atoms with Crippen LogP contribution in [0.3, 0.4) is 0 Å². The van der Waals surface area contributed by atoms with Crippen LogP contribution in [0, 0.1) is 0 Å².